The molecule has 0 spiro atoms. The summed E-state index contributed by atoms with van der Waals surface area (Å²) in [7, 11) is 0. The van der Waals surface area contributed by atoms with Crippen LogP contribution in [-0.2, 0) is 9.59 Å². The number of nitrogens with one attached hydrogen (secondary N) is 2. The number of amides is 4. The van der Waals surface area contributed by atoms with Crippen LogP contribution in [0, 0.1) is 26.0 Å². The quantitative estimate of drug-likeness (QED) is 0.194. The number of nitrogens with zero attached hydrogens (tertiary/aromatic N) is 3. The molecule has 1 fully saturated rings. The van der Waals surface area contributed by atoms with Crippen LogP contribution < -0.4 is 15.4 Å². The lowest BCUT2D eigenvalue weighted by Crippen LogP contribution is -2.38. The van der Waals surface area contributed by atoms with Crippen LogP contribution in [0.25, 0.3) is 6.08 Å². The Morgan fingerprint density at radius 2 is 1.74 bits per heavy atom. The van der Waals surface area contributed by atoms with Crippen LogP contribution in [0.3, 0.4) is 0 Å². The first-order chi connectivity index (χ1) is 18.1. The third kappa shape index (κ3) is 5.59. The molecule has 0 unspecified atom stereocenters. The van der Waals surface area contributed by atoms with Gasteiger partial charge in [-0.3, -0.25) is 29.8 Å². The number of hydrogen-bond acceptors (Lipinski definition) is 8. The first-order valence-electron chi connectivity index (χ1n) is 10.7. The van der Waals surface area contributed by atoms with Crippen LogP contribution in [0.2, 0.25) is 0 Å². The molecule has 1 aliphatic rings. The number of rotatable bonds is 8. The maximum atomic E-state index is 13.7. The lowest BCUT2D eigenvalue weighted by atomic mass is 10.2. The number of non-ortho nitro benzene ring substituents is 1. The van der Waals surface area contributed by atoms with Gasteiger partial charge in [0.25, 0.3) is 11.6 Å². The Hall–Kier alpha value is -5.66. The zero-order chi connectivity index (χ0) is 27.4. The van der Waals surface area contributed by atoms with E-state index in [0.29, 0.717) is 10.5 Å². The summed E-state index contributed by atoms with van der Waals surface area (Å²) in [6.45, 7) is -0.642. The molecule has 3 aromatic carbocycles. The number of urea groups is 1. The molecule has 0 radical (unpaired) electrons. The van der Waals surface area contributed by atoms with Gasteiger partial charge in [0.05, 0.1) is 21.6 Å². The van der Waals surface area contributed by atoms with Crippen LogP contribution in [0.1, 0.15) is 5.56 Å². The number of carbonyl (C=O) groups excluding carboxylic acids is 3. The zero-order valence-corrected chi connectivity index (χ0v) is 19.1. The molecule has 13 nitrogen and oxygen atoms in total. The molecule has 4 amide bonds. The Bertz CT molecular complexity index is 1510. The first-order valence-corrected chi connectivity index (χ1v) is 10.7. The number of nitro groups is 2. The number of halogens is 1. The molecule has 2 N–H and O–H groups in total. The second-order valence-corrected chi connectivity index (χ2v) is 7.74. The van der Waals surface area contributed by atoms with Crippen LogP contribution in [0.5, 0.6) is 11.5 Å². The fraction of sp³-hybridized carbons (Fsp3) is 0.0417. The van der Waals surface area contributed by atoms with Crippen molar-refractivity contribution in [1.29, 1.82) is 0 Å². The molecule has 14 heteroatoms. The molecule has 1 saturated heterocycles. The van der Waals surface area contributed by atoms with Crippen molar-refractivity contribution in [2.75, 3.05) is 11.9 Å². The van der Waals surface area contributed by atoms with E-state index in [9.17, 15) is 39.0 Å². The number of para-hydroxylation sites is 1. The van der Waals surface area contributed by atoms with Gasteiger partial charge >= 0.3 is 11.7 Å². The van der Waals surface area contributed by atoms with E-state index in [1.54, 1.807) is 0 Å². The number of imide groups is 1. The Balaban J connectivity index is 1.44. The number of benzene rings is 3. The highest BCUT2D eigenvalue weighted by molar-refractivity contribution is 6.15. The van der Waals surface area contributed by atoms with E-state index >= 15 is 0 Å². The van der Waals surface area contributed by atoms with Gasteiger partial charge in [0, 0.05) is 6.07 Å². The Kier molecular flexibility index (Phi) is 7.05. The van der Waals surface area contributed by atoms with Gasteiger partial charge in [0.1, 0.15) is 23.8 Å². The number of anilines is 1. The highest BCUT2D eigenvalue weighted by Gasteiger charge is 2.35. The second kappa shape index (κ2) is 10.5. The minimum Gasteiger partial charge on any atom is -0.450 e. The van der Waals surface area contributed by atoms with Crippen molar-refractivity contribution in [1.82, 2.24) is 10.2 Å². The van der Waals surface area contributed by atoms with Crippen molar-refractivity contribution < 1.29 is 33.4 Å². The molecule has 38 heavy (non-hydrogen) atoms. The molecule has 1 aliphatic heterocycles. The molecule has 0 aromatic heterocycles. The average molecular weight is 521 g/mol. The largest absolute Gasteiger partial charge is 0.450 e. The van der Waals surface area contributed by atoms with E-state index in [-0.39, 0.29) is 22.9 Å². The summed E-state index contributed by atoms with van der Waals surface area (Å²) in [5, 5.41) is 26.8. The van der Waals surface area contributed by atoms with Crippen LogP contribution in [0.15, 0.2) is 72.4 Å². The number of hydrogen-bond donors (Lipinski definition) is 2. The summed E-state index contributed by atoms with van der Waals surface area (Å²) >= 11 is 0. The summed E-state index contributed by atoms with van der Waals surface area (Å²) in [4.78, 5) is 58.3. The molecule has 0 bridgehead atoms. The summed E-state index contributed by atoms with van der Waals surface area (Å²) in [6.07, 6.45) is 1.34. The molecule has 3 aromatic rings. The minimum atomic E-state index is -0.838. The van der Waals surface area contributed by atoms with Gasteiger partial charge in [-0.25, -0.2) is 14.1 Å². The van der Waals surface area contributed by atoms with E-state index in [1.807, 2.05) is 0 Å². The third-order valence-corrected chi connectivity index (χ3v) is 5.18. The summed E-state index contributed by atoms with van der Waals surface area (Å²) in [6, 6.07) is 13.4. The Morgan fingerprint density at radius 3 is 2.39 bits per heavy atom. The lowest BCUT2D eigenvalue weighted by molar-refractivity contribution is -0.394. The van der Waals surface area contributed by atoms with Crippen molar-refractivity contribution in [3.8, 4) is 11.5 Å². The number of carbonyl (C=O) groups is 3. The molecule has 0 saturated carbocycles. The molecule has 0 aliphatic carbocycles. The smallest absolute Gasteiger partial charge is 0.329 e. The SMILES string of the molecule is O=C(CN1C(=O)N/C(=C/c2ccc(Oc3ccc([N+](=O)[O-])cc3[N+](=O)[O-])cc2)C1=O)Nc1ccccc1F. The van der Waals surface area contributed by atoms with Crippen molar-refractivity contribution >= 4 is 41.0 Å². The van der Waals surface area contributed by atoms with Gasteiger partial charge in [-0.15, -0.1) is 0 Å². The minimum absolute atomic E-state index is 0.0957. The van der Waals surface area contributed by atoms with Gasteiger partial charge < -0.3 is 15.4 Å². The van der Waals surface area contributed by atoms with Gasteiger partial charge in [0.15, 0.2) is 0 Å². The van der Waals surface area contributed by atoms with Gasteiger partial charge in [-0.2, -0.15) is 0 Å². The monoisotopic (exact) mass is 521 g/mol. The fourth-order valence-electron chi connectivity index (χ4n) is 3.39. The molecule has 4 rings (SSSR count). The molecule has 192 valence electrons. The molecule has 0 atom stereocenters. The fourth-order valence-corrected chi connectivity index (χ4v) is 3.39. The van der Waals surface area contributed by atoms with Crippen LogP contribution in [-0.4, -0.2) is 39.1 Å². The summed E-state index contributed by atoms with van der Waals surface area (Å²) in [5.41, 5.74) is -0.830. The average Bonchev–Trinajstić information content (AvgIpc) is 3.13. The Morgan fingerprint density at radius 1 is 1.03 bits per heavy atom. The maximum absolute atomic E-state index is 13.7. The molecular weight excluding hydrogens is 505 g/mol. The van der Waals surface area contributed by atoms with E-state index in [0.717, 1.165) is 24.3 Å². The van der Waals surface area contributed by atoms with Crippen molar-refractivity contribution in [2.45, 2.75) is 0 Å². The lowest BCUT2D eigenvalue weighted by Gasteiger charge is -2.12. The summed E-state index contributed by atoms with van der Waals surface area (Å²) in [5.74, 6) is -2.27. The van der Waals surface area contributed by atoms with Crippen molar-refractivity contribution in [3.05, 3.63) is 104 Å². The molecular formula is C24H16FN5O8. The van der Waals surface area contributed by atoms with Crippen LogP contribution in [0.4, 0.5) is 26.2 Å². The van der Waals surface area contributed by atoms with Gasteiger partial charge in [-0.05, 0) is 42.0 Å². The van der Waals surface area contributed by atoms with E-state index < -0.39 is 51.4 Å². The van der Waals surface area contributed by atoms with Crippen LogP contribution >= 0.6 is 0 Å². The predicted molar refractivity (Wildman–Crippen MR) is 130 cm³/mol. The second-order valence-electron chi connectivity index (χ2n) is 7.74. The molecule has 1 heterocycles. The number of ether oxygens (including phenoxy) is 1. The highest BCUT2D eigenvalue weighted by atomic mass is 19.1. The Labute approximate surface area is 212 Å². The van der Waals surface area contributed by atoms with Gasteiger partial charge in [-0.1, -0.05) is 24.3 Å². The summed E-state index contributed by atoms with van der Waals surface area (Å²) < 4.78 is 19.2. The normalized spacial score (nSPS) is 13.8. The standard InChI is InChI=1S/C24H16FN5O8/c25-17-3-1-2-4-18(17)26-22(31)13-28-23(32)19(27-24(28)33)11-14-5-8-16(9-6-14)38-21-10-7-15(29(34)35)12-20(21)30(36)37/h1-12H,13H2,(H,26,31)(H,27,33)/b19-11+. The number of nitro benzene ring substituents is 2. The van der Waals surface area contributed by atoms with Gasteiger partial charge in [0.2, 0.25) is 11.7 Å². The van der Waals surface area contributed by atoms with E-state index in [1.165, 1.54) is 48.5 Å². The van der Waals surface area contributed by atoms with Crippen molar-refractivity contribution in [3.63, 3.8) is 0 Å². The highest BCUT2D eigenvalue weighted by Crippen LogP contribution is 2.34. The maximum Gasteiger partial charge on any atom is 0.329 e. The third-order valence-electron chi connectivity index (χ3n) is 5.18. The van der Waals surface area contributed by atoms with E-state index in [4.69, 9.17) is 4.74 Å². The van der Waals surface area contributed by atoms with Crippen molar-refractivity contribution in [2.24, 2.45) is 0 Å². The predicted octanol–water partition coefficient (Wildman–Crippen LogP) is 3.97. The van der Waals surface area contributed by atoms with E-state index in [2.05, 4.69) is 10.6 Å². The first kappa shape index (κ1) is 25.4. The zero-order valence-electron chi connectivity index (χ0n) is 19.1. The topological polar surface area (TPSA) is 174 Å².